The molecule has 2 N–H and O–H groups in total. The van der Waals surface area contributed by atoms with Gasteiger partial charge in [-0.2, -0.15) is 0 Å². The molecule has 136 valence electrons. The molecule has 0 atom stereocenters. The summed E-state index contributed by atoms with van der Waals surface area (Å²) in [5.41, 5.74) is 3.78. The van der Waals surface area contributed by atoms with Crippen molar-refractivity contribution < 1.29 is 9.59 Å². The zero-order chi connectivity index (χ0) is 18.5. The fraction of sp³-hybridized carbons (Fsp3) is 0.300. The van der Waals surface area contributed by atoms with E-state index in [0.717, 1.165) is 22.5 Å². The lowest BCUT2D eigenvalue weighted by Gasteiger charge is -2.30. The van der Waals surface area contributed by atoms with E-state index in [2.05, 4.69) is 10.6 Å². The SMILES string of the molecule is CNCCC(=O)Nc1ccc2c(c1)CCC(=O)N2Cc1ccc(Cl)cc1. The van der Waals surface area contributed by atoms with Crippen molar-refractivity contribution in [2.45, 2.75) is 25.8 Å². The van der Waals surface area contributed by atoms with Gasteiger partial charge >= 0.3 is 0 Å². The molecule has 1 heterocycles. The number of fused-ring (bicyclic) bond motifs is 1. The third kappa shape index (κ3) is 4.42. The van der Waals surface area contributed by atoms with Gasteiger partial charge in [-0.25, -0.2) is 0 Å². The van der Waals surface area contributed by atoms with Crippen LogP contribution in [-0.4, -0.2) is 25.4 Å². The summed E-state index contributed by atoms with van der Waals surface area (Å²) in [6, 6.07) is 13.2. The number of aryl methyl sites for hydroxylation is 1. The third-order valence-electron chi connectivity index (χ3n) is 4.42. The molecule has 0 aromatic heterocycles. The van der Waals surface area contributed by atoms with Crippen molar-refractivity contribution >= 4 is 34.8 Å². The molecule has 1 aliphatic rings. The normalized spacial score (nSPS) is 13.5. The number of rotatable bonds is 6. The number of carbonyl (C=O) groups is 2. The Kier molecular flexibility index (Phi) is 5.91. The van der Waals surface area contributed by atoms with E-state index in [0.29, 0.717) is 37.4 Å². The van der Waals surface area contributed by atoms with Crippen LogP contribution in [0.3, 0.4) is 0 Å². The summed E-state index contributed by atoms with van der Waals surface area (Å²) >= 11 is 5.94. The molecule has 2 amide bonds. The lowest BCUT2D eigenvalue weighted by atomic mass is 9.99. The number of amides is 2. The van der Waals surface area contributed by atoms with E-state index in [1.165, 1.54) is 0 Å². The molecule has 5 nitrogen and oxygen atoms in total. The molecule has 0 radical (unpaired) electrons. The summed E-state index contributed by atoms with van der Waals surface area (Å²) in [5.74, 6) is 0.0856. The number of carbonyl (C=O) groups excluding carboxylic acids is 2. The zero-order valence-electron chi connectivity index (χ0n) is 14.7. The van der Waals surface area contributed by atoms with E-state index in [-0.39, 0.29) is 11.8 Å². The first-order chi connectivity index (χ1) is 12.6. The monoisotopic (exact) mass is 371 g/mol. The highest BCUT2D eigenvalue weighted by Gasteiger charge is 2.24. The first-order valence-electron chi connectivity index (χ1n) is 8.69. The number of hydrogen-bond donors (Lipinski definition) is 2. The molecule has 0 unspecified atom stereocenters. The molecule has 6 heteroatoms. The molecule has 1 aliphatic heterocycles. The van der Waals surface area contributed by atoms with Gasteiger partial charge in [-0.3, -0.25) is 9.59 Å². The highest BCUT2D eigenvalue weighted by atomic mass is 35.5. The third-order valence-corrected chi connectivity index (χ3v) is 4.67. The maximum atomic E-state index is 12.4. The first-order valence-corrected chi connectivity index (χ1v) is 9.07. The number of halogens is 1. The van der Waals surface area contributed by atoms with Crippen molar-refractivity contribution in [3.05, 3.63) is 58.6 Å². The van der Waals surface area contributed by atoms with Crippen LogP contribution < -0.4 is 15.5 Å². The topological polar surface area (TPSA) is 61.4 Å². The van der Waals surface area contributed by atoms with Crippen LogP contribution >= 0.6 is 11.6 Å². The second kappa shape index (κ2) is 8.34. The highest BCUT2D eigenvalue weighted by molar-refractivity contribution is 6.30. The molecule has 0 saturated carbocycles. The van der Waals surface area contributed by atoms with Crippen molar-refractivity contribution in [2.75, 3.05) is 23.8 Å². The van der Waals surface area contributed by atoms with Crippen LogP contribution in [-0.2, 0) is 22.6 Å². The lowest BCUT2D eigenvalue weighted by molar-refractivity contribution is -0.119. The summed E-state index contributed by atoms with van der Waals surface area (Å²) in [4.78, 5) is 26.1. The van der Waals surface area contributed by atoms with Crippen LogP contribution in [0.4, 0.5) is 11.4 Å². The lowest BCUT2D eigenvalue weighted by Crippen LogP contribution is -2.34. The second-order valence-corrected chi connectivity index (χ2v) is 6.79. The molecule has 2 aromatic rings. The van der Waals surface area contributed by atoms with E-state index in [1.807, 2.05) is 49.5 Å². The molecular formula is C20H22ClN3O2. The molecule has 2 aromatic carbocycles. The minimum Gasteiger partial charge on any atom is -0.326 e. The average molecular weight is 372 g/mol. The Morgan fingerprint density at radius 3 is 2.65 bits per heavy atom. The molecule has 0 saturated heterocycles. The Labute approximate surface area is 158 Å². The summed E-state index contributed by atoms with van der Waals surface area (Å²) < 4.78 is 0. The van der Waals surface area contributed by atoms with Crippen LogP contribution in [0.1, 0.15) is 24.0 Å². The predicted octanol–water partition coefficient (Wildman–Crippen LogP) is 3.37. The van der Waals surface area contributed by atoms with Gasteiger partial charge in [0.25, 0.3) is 0 Å². The Morgan fingerprint density at radius 2 is 1.92 bits per heavy atom. The molecular weight excluding hydrogens is 350 g/mol. The predicted molar refractivity (Wildman–Crippen MR) is 105 cm³/mol. The maximum Gasteiger partial charge on any atom is 0.227 e. The van der Waals surface area contributed by atoms with Crippen molar-refractivity contribution in [2.24, 2.45) is 0 Å². The summed E-state index contributed by atoms with van der Waals surface area (Å²) in [6.45, 7) is 1.15. The van der Waals surface area contributed by atoms with Gasteiger partial charge in [0.1, 0.15) is 0 Å². The number of anilines is 2. The quantitative estimate of drug-likeness (QED) is 0.818. The van der Waals surface area contributed by atoms with Crippen molar-refractivity contribution in [1.29, 1.82) is 0 Å². The van der Waals surface area contributed by atoms with Crippen LogP contribution in [0.2, 0.25) is 5.02 Å². The number of hydrogen-bond acceptors (Lipinski definition) is 3. The van der Waals surface area contributed by atoms with E-state index >= 15 is 0 Å². The molecule has 0 fully saturated rings. The molecule has 0 spiro atoms. The second-order valence-electron chi connectivity index (χ2n) is 6.35. The Hall–Kier alpha value is -2.37. The summed E-state index contributed by atoms with van der Waals surface area (Å²) in [6.07, 6.45) is 1.58. The smallest absolute Gasteiger partial charge is 0.227 e. The van der Waals surface area contributed by atoms with Crippen molar-refractivity contribution in [3.63, 3.8) is 0 Å². The van der Waals surface area contributed by atoms with Crippen LogP contribution in [0.5, 0.6) is 0 Å². The Balaban J connectivity index is 1.77. The van der Waals surface area contributed by atoms with E-state index in [9.17, 15) is 9.59 Å². The fourth-order valence-electron chi connectivity index (χ4n) is 3.05. The summed E-state index contributed by atoms with van der Waals surface area (Å²) in [7, 11) is 1.82. The van der Waals surface area contributed by atoms with Crippen LogP contribution in [0.15, 0.2) is 42.5 Å². The van der Waals surface area contributed by atoms with Gasteiger partial charge in [-0.05, 0) is 54.9 Å². The molecule has 26 heavy (non-hydrogen) atoms. The number of nitrogens with zero attached hydrogens (tertiary/aromatic N) is 1. The first kappa shape index (κ1) is 18.4. The molecule has 0 aliphatic carbocycles. The zero-order valence-corrected chi connectivity index (χ0v) is 15.5. The maximum absolute atomic E-state index is 12.4. The van der Waals surface area contributed by atoms with Gasteiger partial charge in [0.05, 0.1) is 6.54 Å². The highest BCUT2D eigenvalue weighted by Crippen LogP contribution is 2.31. The molecule has 0 bridgehead atoms. The summed E-state index contributed by atoms with van der Waals surface area (Å²) in [5, 5.41) is 6.55. The minimum atomic E-state index is -0.0239. The average Bonchev–Trinajstić information content (AvgIpc) is 2.64. The van der Waals surface area contributed by atoms with Gasteiger partial charge in [0.2, 0.25) is 11.8 Å². The van der Waals surface area contributed by atoms with Gasteiger partial charge < -0.3 is 15.5 Å². The van der Waals surface area contributed by atoms with Gasteiger partial charge in [-0.15, -0.1) is 0 Å². The van der Waals surface area contributed by atoms with Gasteiger partial charge in [0.15, 0.2) is 0 Å². The van der Waals surface area contributed by atoms with E-state index in [1.54, 1.807) is 4.90 Å². The number of benzene rings is 2. The van der Waals surface area contributed by atoms with Gasteiger partial charge in [-0.1, -0.05) is 23.7 Å². The van der Waals surface area contributed by atoms with Crippen LogP contribution in [0, 0.1) is 0 Å². The van der Waals surface area contributed by atoms with Crippen molar-refractivity contribution in [3.8, 4) is 0 Å². The Morgan fingerprint density at radius 1 is 1.15 bits per heavy atom. The number of nitrogens with one attached hydrogen (secondary N) is 2. The van der Waals surface area contributed by atoms with Crippen molar-refractivity contribution in [1.82, 2.24) is 5.32 Å². The minimum absolute atomic E-state index is 0.0239. The van der Waals surface area contributed by atoms with E-state index < -0.39 is 0 Å². The van der Waals surface area contributed by atoms with Gasteiger partial charge in [0, 0.05) is 35.8 Å². The van der Waals surface area contributed by atoms with E-state index in [4.69, 9.17) is 11.6 Å². The van der Waals surface area contributed by atoms with Crippen LogP contribution in [0.25, 0.3) is 0 Å². The largest absolute Gasteiger partial charge is 0.326 e. The fourth-order valence-corrected chi connectivity index (χ4v) is 3.17. The standard InChI is InChI=1S/C20H22ClN3O2/c1-22-11-10-19(25)23-17-7-8-18-15(12-17)4-9-20(26)24(18)13-14-2-5-16(21)6-3-14/h2-3,5-8,12,22H,4,9-11,13H2,1H3,(H,23,25). The molecule has 3 rings (SSSR count). The Bertz CT molecular complexity index is 805.